The molecule has 1 heterocycles. The largest absolute Gasteiger partial charge is 0.466 e. The average Bonchev–Trinajstić information content (AvgIpc) is 2.91. The fourth-order valence-corrected chi connectivity index (χ4v) is 4.38. The van der Waals surface area contributed by atoms with E-state index in [1.165, 1.54) is 0 Å². The standard InChI is InChI=1S/C29H35N5O4/c1-5-7-12-25-31-27(19(3)4)24(17-26(35)38-6-2)29(36)34(25)18-20-13-15-21(16-14-20)22-10-8-9-11-23(22)28(30)32-33-37/h8-11,13-16,19H,5-7,12,17-18H2,1-4H3,(H2,30,32,37). The minimum Gasteiger partial charge on any atom is -0.466 e. The minimum atomic E-state index is -0.436. The Hall–Kier alpha value is -4.14. The molecule has 3 aromatic rings. The van der Waals surface area contributed by atoms with Crippen LogP contribution in [0.3, 0.4) is 0 Å². The summed E-state index contributed by atoms with van der Waals surface area (Å²) in [5, 5.41) is 10.7. The Labute approximate surface area is 222 Å². The van der Waals surface area contributed by atoms with Crippen molar-refractivity contribution < 1.29 is 9.53 Å². The average molecular weight is 518 g/mol. The molecule has 38 heavy (non-hydrogen) atoms. The van der Waals surface area contributed by atoms with E-state index in [-0.39, 0.29) is 30.3 Å². The molecule has 0 radical (unpaired) electrons. The van der Waals surface area contributed by atoms with Crippen LogP contribution in [0.15, 0.2) is 58.6 Å². The van der Waals surface area contributed by atoms with Crippen molar-refractivity contribution in [3.8, 4) is 11.1 Å². The first kappa shape index (κ1) is 28.4. The summed E-state index contributed by atoms with van der Waals surface area (Å²) < 4.78 is 6.80. The topological polar surface area (TPSA) is 126 Å². The van der Waals surface area contributed by atoms with Gasteiger partial charge in [-0.1, -0.05) is 75.7 Å². The van der Waals surface area contributed by atoms with E-state index in [1.54, 1.807) is 23.6 Å². The zero-order chi connectivity index (χ0) is 27.7. The maximum absolute atomic E-state index is 13.7. The molecule has 1 aromatic heterocycles. The summed E-state index contributed by atoms with van der Waals surface area (Å²) in [7, 11) is 0. The highest BCUT2D eigenvalue weighted by atomic mass is 16.5. The van der Waals surface area contributed by atoms with Gasteiger partial charge in [-0.2, -0.15) is 0 Å². The number of aryl methyl sites for hydroxylation is 1. The second-order valence-corrected chi connectivity index (χ2v) is 9.34. The summed E-state index contributed by atoms with van der Waals surface area (Å²) in [4.78, 5) is 41.5. The summed E-state index contributed by atoms with van der Waals surface area (Å²) in [6, 6.07) is 15.0. The first-order valence-corrected chi connectivity index (χ1v) is 12.9. The van der Waals surface area contributed by atoms with E-state index < -0.39 is 5.97 Å². The van der Waals surface area contributed by atoms with E-state index in [0.29, 0.717) is 35.6 Å². The van der Waals surface area contributed by atoms with Crippen molar-refractivity contribution in [3.63, 3.8) is 0 Å². The second-order valence-electron chi connectivity index (χ2n) is 9.34. The van der Waals surface area contributed by atoms with Crippen LogP contribution in [0.1, 0.15) is 74.7 Å². The van der Waals surface area contributed by atoms with Gasteiger partial charge in [-0.05, 0) is 36.0 Å². The number of ether oxygens (including phenoxy) is 1. The summed E-state index contributed by atoms with van der Waals surface area (Å²) in [5.41, 5.74) is 6.07. The molecule has 0 fully saturated rings. The van der Waals surface area contributed by atoms with Crippen LogP contribution < -0.4 is 11.0 Å². The van der Waals surface area contributed by atoms with Gasteiger partial charge in [0.25, 0.3) is 5.56 Å². The van der Waals surface area contributed by atoms with Gasteiger partial charge in [0.1, 0.15) is 11.7 Å². The maximum Gasteiger partial charge on any atom is 0.310 e. The molecule has 9 nitrogen and oxygen atoms in total. The van der Waals surface area contributed by atoms with Crippen molar-refractivity contribution in [1.29, 1.82) is 5.41 Å². The van der Waals surface area contributed by atoms with Crippen LogP contribution >= 0.6 is 0 Å². The highest BCUT2D eigenvalue weighted by Gasteiger charge is 2.21. The number of nitrogens with zero attached hydrogens (tertiary/aromatic N) is 3. The van der Waals surface area contributed by atoms with Gasteiger partial charge in [-0.15, -0.1) is 4.91 Å². The highest BCUT2D eigenvalue weighted by molar-refractivity contribution is 6.02. The van der Waals surface area contributed by atoms with Crippen LogP contribution in [0.25, 0.3) is 11.1 Å². The van der Waals surface area contributed by atoms with Crippen molar-refractivity contribution in [2.45, 2.75) is 65.8 Å². The molecule has 0 amide bonds. The Morgan fingerprint density at radius 3 is 2.47 bits per heavy atom. The fourth-order valence-electron chi connectivity index (χ4n) is 4.38. The molecule has 0 saturated carbocycles. The Kier molecular flexibility index (Phi) is 10.0. The van der Waals surface area contributed by atoms with Gasteiger partial charge in [-0.25, -0.2) is 10.4 Å². The molecule has 3 rings (SSSR count). The molecule has 0 aliphatic carbocycles. The second kappa shape index (κ2) is 13.4. The summed E-state index contributed by atoms with van der Waals surface area (Å²) in [5.74, 6) is 0.179. The Bertz CT molecular complexity index is 1350. The molecule has 200 valence electrons. The normalized spacial score (nSPS) is 10.9. The number of esters is 1. The number of hydrogen-bond donors (Lipinski definition) is 2. The number of aromatic nitrogens is 2. The maximum atomic E-state index is 13.7. The molecular weight excluding hydrogens is 482 g/mol. The van der Waals surface area contributed by atoms with Crippen LogP contribution in [0.5, 0.6) is 0 Å². The predicted octanol–water partition coefficient (Wildman–Crippen LogP) is 5.13. The number of benzene rings is 2. The van der Waals surface area contributed by atoms with Crippen molar-refractivity contribution in [1.82, 2.24) is 15.0 Å². The molecular formula is C29H35N5O4. The van der Waals surface area contributed by atoms with Crippen LogP contribution in [-0.2, 0) is 28.9 Å². The van der Waals surface area contributed by atoms with E-state index in [4.69, 9.17) is 15.1 Å². The molecule has 0 atom stereocenters. The zero-order valence-electron chi connectivity index (χ0n) is 22.4. The van der Waals surface area contributed by atoms with Gasteiger partial charge in [-0.3, -0.25) is 19.6 Å². The van der Waals surface area contributed by atoms with E-state index in [1.807, 2.05) is 50.2 Å². The third kappa shape index (κ3) is 6.79. The number of rotatable bonds is 12. The molecule has 9 heteroatoms. The van der Waals surface area contributed by atoms with E-state index in [9.17, 15) is 14.5 Å². The van der Waals surface area contributed by atoms with Gasteiger partial charge < -0.3 is 4.74 Å². The van der Waals surface area contributed by atoms with Crippen LogP contribution in [0.4, 0.5) is 0 Å². The summed E-state index contributed by atoms with van der Waals surface area (Å²) >= 11 is 0. The monoisotopic (exact) mass is 517 g/mol. The van der Waals surface area contributed by atoms with E-state index in [0.717, 1.165) is 29.5 Å². The number of unbranched alkanes of at least 4 members (excludes halogenated alkanes) is 1. The lowest BCUT2D eigenvalue weighted by Crippen LogP contribution is -2.32. The number of amidine groups is 1. The molecule has 0 bridgehead atoms. The molecule has 0 aliphatic heterocycles. The minimum absolute atomic E-state index is 0.0101. The van der Waals surface area contributed by atoms with Crippen molar-refractivity contribution in [3.05, 3.63) is 92.0 Å². The first-order valence-electron chi connectivity index (χ1n) is 12.9. The van der Waals surface area contributed by atoms with Crippen LogP contribution in [0, 0.1) is 10.3 Å². The lowest BCUT2D eigenvalue weighted by Gasteiger charge is -2.19. The lowest BCUT2D eigenvalue weighted by atomic mass is 9.98. The third-order valence-electron chi connectivity index (χ3n) is 6.26. The van der Waals surface area contributed by atoms with Crippen LogP contribution in [-0.4, -0.2) is 28.0 Å². The summed E-state index contributed by atoms with van der Waals surface area (Å²) in [6.45, 7) is 8.35. The Morgan fingerprint density at radius 2 is 1.84 bits per heavy atom. The third-order valence-corrected chi connectivity index (χ3v) is 6.26. The molecule has 2 N–H and O–H groups in total. The quantitative estimate of drug-likeness (QED) is 0.113. The number of hydrogen-bond acceptors (Lipinski definition) is 7. The fraction of sp³-hybridized carbons (Fsp3) is 0.379. The Balaban J connectivity index is 2.01. The Morgan fingerprint density at radius 1 is 1.13 bits per heavy atom. The van der Waals surface area contributed by atoms with Gasteiger partial charge in [0.2, 0.25) is 0 Å². The van der Waals surface area contributed by atoms with E-state index in [2.05, 4.69) is 17.6 Å². The van der Waals surface area contributed by atoms with E-state index >= 15 is 0 Å². The molecule has 0 unspecified atom stereocenters. The molecule has 0 spiro atoms. The number of carbonyl (C=O) groups excluding carboxylic acids is 1. The van der Waals surface area contributed by atoms with Gasteiger partial charge in [0.15, 0.2) is 0 Å². The van der Waals surface area contributed by atoms with Crippen LogP contribution in [0.2, 0.25) is 0 Å². The van der Waals surface area contributed by atoms with Crippen molar-refractivity contribution in [2.24, 2.45) is 5.29 Å². The number of carbonyl (C=O) groups is 1. The molecule has 2 aromatic carbocycles. The zero-order valence-corrected chi connectivity index (χ0v) is 22.4. The molecule has 0 saturated heterocycles. The SMILES string of the molecule is CCCCc1nc(C(C)C)c(CC(=O)OCC)c(=O)n1Cc1ccc(-c2ccccc2C(=N)NN=O)cc1. The smallest absolute Gasteiger partial charge is 0.310 e. The highest BCUT2D eigenvalue weighted by Crippen LogP contribution is 2.25. The molecule has 0 aliphatic rings. The van der Waals surface area contributed by atoms with Gasteiger partial charge in [0, 0.05) is 12.0 Å². The van der Waals surface area contributed by atoms with Gasteiger partial charge in [0.05, 0.1) is 36.1 Å². The first-order chi connectivity index (χ1) is 18.3. The van der Waals surface area contributed by atoms with Crippen molar-refractivity contribution >= 4 is 11.8 Å². The summed E-state index contributed by atoms with van der Waals surface area (Å²) in [6.07, 6.45) is 2.42. The number of nitrogens with one attached hydrogen (secondary N) is 2. The predicted molar refractivity (Wildman–Crippen MR) is 148 cm³/mol. The lowest BCUT2D eigenvalue weighted by molar-refractivity contribution is -0.142. The number of nitroso groups, excluding NO2 is 1. The van der Waals surface area contributed by atoms with Crippen molar-refractivity contribution in [2.75, 3.05) is 6.61 Å². The van der Waals surface area contributed by atoms with Gasteiger partial charge >= 0.3 is 5.97 Å².